The van der Waals surface area contributed by atoms with E-state index in [-0.39, 0.29) is 24.2 Å². The molecule has 3 rings (SSSR count). The molecule has 2 aromatic carbocycles. The van der Waals surface area contributed by atoms with Gasteiger partial charge in [0, 0.05) is 24.2 Å². The van der Waals surface area contributed by atoms with Crippen LogP contribution in [0.1, 0.15) is 50.2 Å². The lowest BCUT2D eigenvalue weighted by molar-refractivity contribution is -0.148. The van der Waals surface area contributed by atoms with E-state index in [9.17, 15) is 18.8 Å². The Bertz CT molecular complexity index is 960. The van der Waals surface area contributed by atoms with Crippen molar-refractivity contribution in [3.8, 4) is 0 Å². The highest BCUT2D eigenvalue weighted by Gasteiger charge is 2.29. The molecule has 1 heterocycles. The molecule has 30 heavy (non-hydrogen) atoms. The van der Waals surface area contributed by atoms with Gasteiger partial charge in [0.2, 0.25) is 5.78 Å². The van der Waals surface area contributed by atoms with Crippen molar-refractivity contribution in [1.82, 2.24) is 4.90 Å². The number of rotatable bonds is 5. The molecule has 0 unspecified atom stereocenters. The third-order valence-corrected chi connectivity index (χ3v) is 5.69. The molecule has 5 nitrogen and oxygen atoms in total. The Morgan fingerprint density at radius 1 is 0.967 bits per heavy atom. The number of ketones is 1. The summed E-state index contributed by atoms with van der Waals surface area (Å²) in [7, 11) is 0. The molecule has 2 aromatic rings. The molecule has 0 atom stereocenters. The normalized spacial score (nSPS) is 14.5. The second-order valence-electron chi connectivity index (χ2n) is 7.86. The van der Waals surface area contributed by atoms with Crippen molar-refractivity contribution in [2.45, 2.75) is 33.6 Å². The van der Waals surface area contributed by atoms with Crippen LogP contribution in [0.25, 0.3) is 0 Å². The highest BCUT2D eigenvalue weighted by molar-refractivity contribution is 5.99. The van der Waals surface area contributed by atoms with E-state index in [0.29, 0.717) is 37.1 Å². The number of likely N-dealkylation sites (tertiary alicyclic amines) is 1. The summed E-state index contributed by atoms with van der Waals surface area (Å²) in [5, 5.41) is 0. The maximum absolute atomic E-state index is 13.0. The molecule has 1 amide bonds. The number of nitrogens with zero attached hydrogens (tertiary/aromatic N) is 1. The molecule has 0 N–H and O–H groups in total. The minimum atomic E-state index is -0.404. The molecular formula is C24H26FNO4. The minimum Gasteiger partial charge on any atom is -0.457 e. The third kappa shape index (κ3) is 4.93. The van der Waals surface area contributed by atoms with Gasteiger partial charge in [-0.3, -0.25) is 14.4 Å². The summed E-state index contributed by atoms with van der Waals surface area (Å²) >= 11 is 0. The second kappa shape index (κ2) is 9.20. The summed E-state index contributed by atoms with van der Waals surface area (Å²) in [6, 6.07) is 9.21. The molecule has 6 heteroatoms. The van der Waals surface area contributed by atoms with Gasteiger partial charge in [-0.25, -0.2) is 4.39 Å². The number of amides is 1. The molecule has 0 bridgehead atoms. The zero-order valence-electron chi connectivity index (χ0n) is 17.5. The van der Waals surface area contributed by atoms with Crippen molar-refractivity contribution >= 4 is 17.7 Å². The Kier molecular flexibility index (Phi) is 6.65. The molecule has 0 spiro atoms. The lowest BCUT2D eigenvalue weighted by Crippen LogP contribution is -2.40. The van der Waals surface area contributed by atoms with E-state index in [0.717, 1.165) is 16.7 Å². The molecule has 0 radical (unpaired) electrons. The lowest BCUT2D eigenvalue weighted by Gasteiger charge is -2.31. The fraction of sp³-hybridized carbons (Fsp3) is 0.375. The van der Waals surface area contributed by atoms with Gasteiger partial charge in [0.15, 0.2) is 6.61 Å². The van der Waals surface area contributed by atoms with Crippen LogP contribution in [0.15, 0.2) is 36.4 Å². The Labute approximate surface area is 175 Å². The average molecular weight is 411 g/mol. The second-order valence-corrected chi connectivity index (χ2v) is 7.86. The number of ether oxygens (including phenoxy) is 1. The van der Waals surface area contributed by atoms with E-state index in [4.69, 9.17) is 4.74 Å². The molecule has 1 aliphatic rings. The van der Waals surface area contributed by atoms with Gasteiger partial charge in [0.05, 0.1) is 5.92 Å². The Hall–Kier alpha value is -3.02. The smallest absolute Gasteiger partial charge is 0.309 e. The summed E-state index contributed by atoms with van der Waals surface area (Å²) in [6.07, 6.45) is 0.950. The fourth-order valence-corrected chi connectivity index (χ4v) is 3.69. The summed E-state index contributed by atoms with van der Waals surface area (Å²) < 4.78 is 18.3. The average Bonchev–Trinajstić information content (AvgIpc) is 2.74. The largest absolute Gasteiger partial charge is 0.457 e. The van der Waals surface area contributed by atoms with E-state index in [1.54, 1.807) is 4.90 Å². The first-order valence-corrected chi connectivity index (χ1v) is 10.1. The quantitative estimate of drug-likeness (QED) is 0.551. The third-order valence-electron chi connectivity index (χ3n) is 5.69. The number of Topliss-reactive ketones (excluding diaryl/α,β-unsaturated/α-hetero) is 1. The maximum Gasteiger partial charge on any atom is 0.309 e. The molecular weight excluding hydrogens is 385 g/mol. The van der Waals surface area contributed by atoms with Gasteiger partial charge >= 0.3 is 5.97 Å². The zero-order valence-corrected chi connectivity index (χ0v) is 17.5. The summed E-state index contributed by atoms with van der Waals surface area (Å²) in [6.45, 7) is 6.36. The molecule has 1 saturated heterocycles. The first-order valence-electron chi connectivity index (χ1n) is 10.1. The highest BCUT2D eigenvalue weighted by atomic mass is 19.1. The number of piperidine rings is 1. The first kappa shape index (κ1) is 21.7. The Morgan fingerprint density at radius 2 is 1.57 bits per heavy atom. The van der Waals surface area contributed by atoms with Gasteiger partial charge in [-0.15, -0.1) is 0 Å². The topological polar surface area (TPSA) is 63.7 Å². The van der Waals surface area contributed by atoms with Gasteiger partial charge in [-0.2, -0.15) is 0 Å². The first-order chi connectivity index (χ1) is 14.3. The standard InChI is InChI=1S/C24H26FNO4/c1-15-12-17(3)21(13-16(15)2)22(27)14-30-24(29)19-8-10-26(11-9-19)23(28)18-4-6-20(25)7-5-18/h4-7,12-13,19H,8-11,14H2,1-3H3. The molecule has 158 valence electrons. The van der Waals surface area contributed by atoms with Gasteiger partial charge in [0.25, 0.3) is 5.91 Å². The van der Waals surface area contributed by atoms with Crippen LogP contribution >= 0.6 is 0 Å². The van der Waals surface area contributed by atoms with Crippen molar-refractivity contribution in [3.05, 3.63) is 70.0 Å². The van der Waals surface area contributed by atoms with Crippen LogP contribution in [0, 0.1) is 32.5 Å². The lowest BCUT2D eigenvalue weighted by atomic mass is 9.96. The molecule has 0 saturated carbocycles. The molecule has 0 aliphatic carbocycles. The van der Waals surface area contributed by atoms with Gasteiger partial charge in [-0.05, 0) is 80.6 Å². The SMILES string of the molecule is Cc1cc(C)c(C(=O)COC(=O)C2CCN(C(=O)c3ccc(F)cc3)CC2)cc1C. The van der Waals surface area contributed by atoms with Crippen LogP contribution in [-0.2, 0) is 9.53 Å². The Morgan fingerprint density at radius 3 is 2.20 bits per heavy atom. The van der Waals surface area contributed by atoms with E-state index in [1.807, 2.05) is 32.9 Å². The van der Waals surface area contributed by atoms with E-state index in [1.165, 1.54) is 24.3 Å². The van der Waals surface area contributed by atoms with Crippen LogP contribution in [0.2, 0.25) is 0 Å². The molecule has 1 aliphatic heterocycles. The number of halogens is 1. The van der Waals surface area contributed by atoms with Crippen LogP contribution in [-0.4, -0.2) is 42.3 Å². The van der Waals surface area contributed by atoms with Crippen molar-refractivity contribution in [2.24, 2.45) is 5.92 Å². The summed E-state index contributed by atoms with van der Waals surface area (Å²) in [5.41, 5.74) is 4.00. The highest BCUT2D eigenvalue weighted by Crippen LogP contribution is 2.21. The zero-order chi connectivity index (χ0) is 21.8. The number of hydrogen-bond acceptors (Lipinski definition) is 4. The van der Waals surface area contributed by atoms with Gasteiger partial charge < -0.3 is 9.64 Å². The van der Waals surface area contributed by atoms with Crippen LogP contribution < -0.4 is 0 Å². The van der Waals surface area contributed by atoms with Crippen molar-refractivity contribution in [1.29, 1.82) is 0 Å². The number of aryl methyl sites for hydroxylation is 3. The minimum absolute atomic E-state index is 0.179. The van der Waals surface area contributed by atoms with Crippen LogP contribution in [0.3, 0.4) is 0 Å². The number of benzene rings is 2. The number of hydrogen-bond donors (Lipinski definition) is 0. The number of carbonyl (C=O) groups is 3. The number of carbonyl (C=O) groups excluding carboxylic acids is 3. The fourth-order valence-electron chi connectivity index (χ4n) is 3.69. The monoisotopic (exact) mass is 411 g/mol. The molecule has 0 aromatic heterocycles. The van der Waals surface area contributed by atoms with E-state index < -0.39 is 11.8 Å². The Balaban J connectivity index is 1.51. The number of esters is 1. The van der Waals surface area contributed by atoms with Crippen LogP contribution in [0.4, 0.5) is 4.39 Å². The van der Waals surface area contributed by atoms with Gasteiger partial charge in [0.1, 0.15) is 5.82 Å². The van der Waals surface area contributed by atoms with Crippen molar-refractivity contribution < 1.29 is 23.5 Å². The molecule has 1 fully saturated rings. The van der Waals surface area contributed by atoms with Gasteiger partial charge in [-0.1, -0.05) is 6.07 Å². The summed E-state index contributed by atoms with van der Waals surface area (Å²) in [4.78, 5) is 39.0. The predicted octanol–water partition coefficient (Wildman–Crippen LogP) is 4.03. The van der Waals surface area contributed by atoms with E-state index >= 15 is 0 Å². The van der Waals surface area contributed by atoms with Crippen molar-refractivity contribution in [2.75, 3.05) is 19.7 Å². The van der Waals surface area contributed by atoms with E-state index in [2.05, 4.69) is 0 Å². The maximum atomic E-state index is 13.0. The predicted molar refractivity (Wildman–Crippen MR) is 111 cm³/mol. The van der Waals surface area contributed by atoms with Crippen LogP contribution in [0.5, 0.6) is 0 Å². The van der Waals surface area contributed by atoms with Crippen molar-refractivity contribution in [3.63, 3.8) is 0 Å². The summed E-state index contributed by atoms with van der Waals surface area (Å²) in [5.74, 6) is -1.52.